The molecule has 1 N–H and O–H groups in total. The zero-order valence-electron chi connectivity index (χ0n) is 20.7. The second-order valence-electron chi connectivity index (χ2n) is 9.68. The van der Waals surface area contributed by atoms with Crippen LogP contribution in [0.2, 0.25) is 0 Å². The van der Waals surface area contributed by atoms with Gasteiger partial charge in [0.15, 0.2) is 0 Å². The fourth-order valence-electron chi connectivity index (χ4n) is 5.12. The van der Waals surface area contributed by atoms with Gasteiger partial charge in [-0.05, 0) is 66.3 Å². The Bertz CT molecular complexity index is 1590. The minimum absolute atomic E-state index is 0.0601. The van der Waals surface area contributed by atoms with Crippen LogP contribution < -0.4 is 5.32 Å². The lowest BCUT2D eigenvalue weighted by Crippen LogP contribution is -2.37. The zero-order chi connectivity index (χ0) is 25.4. The predicted octanol–water partition coefficient (Wildman–Crippen LogP) is 4.17. The van der Waals surface area contributed by atoms with Gasteiger partial charge in [-0.25, -0.2) is 4.98 Å². The van der Waals surface area contributed by atoms with Crippen molar-refractivity contribution in [3.8, 4) is 0 Å². The first kappa shape index (κ1) is 23.0. The Labute approximate surface area is 214 Å². The van der Waals surface area contributed by atoms with E-state index in [-0.39, 0.29) is 11.8 Å². The standard InChI is InChI=1S/C29H28N6O2/c1-33-19-25-7-6-24(17-26(25)32-33)29(37)35-13-9-22(10-14-35)21-2-4-23(5-3-21)28(36)31-18-20-8-12-34-15-11-30-27(34)16-20/h2-8,11-12,15-17,19,22H,9-10,13-14,18H2,1H3,(H,31,36). The highest BCUT2D eigenvalue weighted by molar-refractivity contribution is 5.98. The molecule has 4 heterocycles. The van der Waals surface area contributed by atoms with Gasteiger partial charge in [-0.1, -0.05) is 18.2 Å². The highest BCUT2D eigenvalue weighted by atomic mass is 16.2. The maximum atomic E-state index is 13.1. The summed E-state index contributed by atoms with van der Waals surface area (Å²) in [5, 5.41) is 8.45. The van der Waals surface area contributed by atoms with Crippen molar-refractivity contribution in [2.45, 2.75) is 25.3 Å². The van der Waals surface area contributed by atoms with Crippen LogP contribution in [0.4, 0.5) is 0 Å². The molecule has 8 heteroatoms. The Morgan fingerprint density at radius 2 is 1.76 bits per heavy atom. The number of aromatic nitrogens is 4. The Hall–Kier alpha value is -4.46. The molecule has 8 nitrogen and oxygen atoms in total. The lowest BCUT2D eigenvalue weighted by Gasteiger charge is -2.32. The van der Waals surface area contributed by atoms with Gasteiger partial charge in [0.25, 0.3) is 11.8 Å². The minimum Gasteiger partial charge on any atom is -0.348 e. The van der Waals surface area contributed by atoms with Crippen LogP contribution in [0.1, 0.15) is 50.6 Å². The normalized spacial score (nSPS) is 14.4. The molecule has 1 aliphatic rings. The monoisotopic (exact) mass is 492 g/mol. The number of hydrogen-bond donors (Lipinski definition) is 1. The summed E-state index contributed by atoms with van der Waals surface area (Å²) in [5.74, 6) is 0.339. The number of aryl methyl sites for hydroxylation is 1. The average molecular weight is 493 g/mol. The molecule has 0 saturated carbocycles. The van der Waals surface area contributed by atoms with Gasteiger partial charge in [0.2, 0.25) is 0 Å². The number of benzene rings is 2. The maximum absolute atomic E-state index is 13.1. The molecule has 6 rings (SSSR count). The summed E-state index contributed by atoms with van der Waals surface area (Å²) in [4.78, 5) is 32.0. The number of hydrogen-bond acceptors (Lipinski definition) is 4. The molecule has 0 atom stereocenters. The highest BCUT2D eigenvalue weighted by Gasteiger charge is 2.25. The number of likely N-dealkylation sites (tertiary alicyclic amines) is 1. The highest BCUT2D eigenvalue weighted by Crippen LogP contribution is 2.29. The molecular formula is C29H28N6O2. The Morgan fingerprint density at radius 1 is 0.973 bits per heavy atom. The van der Waals surface area contributed by atoms with E-state index < -0.39 is 0 Å². The van der Waals surface area contributed by atoms with Crippen LogP contribution in [-0.2, 0) is 13.6 Å². The number of amides is 2. The minimum atomic E-state index is -0.0972. The first-order valence-corrected chi connectivity index (χ1v) is 12.6. The van der Waals surface area contributed by atoms with E-state index in [2.05, 4.69) is 15.4 Å². The average Bonchev–Trinajstić information content (AvgIpc) is 3.56. The molecule has 0 unspecified atom stereocenters. The van der Waals surface area contributed by atoms with Gasteiger partial charge >= 0.3 is 0 Å². The summed E-state index contributed by atoms with van der Waals surface area (Å²) in [6, 6.07) is 17.5. The molecule has 0 aliphatic carbocycles. The first-order valence-electron chi connectivity index (χ1n) is 12.6. The number of fused-ring (bicyclic) bond motifs is 2. The Morgan fingerprint density at radius 3 is 2.57 bits per heavy atom. The summed E-state index contributed by atoms with van der Waals surface area (Å²) >= 11 is 0. The fourth-order valence-corrected chi connectivity index (χ4v) is 5.12. The molecule has 1 fully saturated rings. The fraction of sp³-hybridized carbons (Fsp3) is 0.241. The lowest BCUT2D eigenvalue weighted by atomic mass is 9.88. The molecule has 2 aromatic carbocycles. The van der Waals surface area contributed by atoms with Crippen molar-refractivity contribution < 1.29 is 9.59 Å². The van der Waals surface area contributed by atoms with Gasteiger partial charge in [0, 0.05) is 68.0 Å². The van der Waals surface area contributed by atoms with Gasteiger partial charge in [-0.3, -0.25) is 14.3 Å². The molecule has 3 aromatic heterocycles. The molecule has 1 saturated heterocycles. The van der Waals surface area contributed by atoms with E-state index in [0.717, 1.165) is 35.0 Å². The number of piperidine rings is 1. The molecule has 0 bridgehead atoms. The van der Waals surface area contributed by atoms with E-state index in [1.54, 1.807) is 10.9 Å². The van der Waals surface area contributed by atoms with Crippen LogP contribution in [0.25, 0.3) is 16.6 Å². The predicted molar refractivity (Wildman–Crippen MR) is 141 cm³/mol. The third-order valence-electron chi connectivity index (χ3n) is 7.21. The smallest absolute Gasteiger partial charge is 0.253 e. The van der Waals surface area contributed by atoms with Crippen molar-refractivity contribution in [3.05, 3.63) is 102 Å². The maximum Gasteiger partial charge on any atom is 0.253 e. The van der Waals surface area contributed by atoms with Crippen molar-refractivity contribution >= 4 is 28.4 Å². The van der Waals surface area contributed by atoms with Crippen LogP contribution in [0.3, 0.4) is 0 Å². The van der Waals surface area contributed by atoms with Crippen LogP contribution in [0.15, 0.2) is 79.4 Å². The van der Waals surface area contributed by atoms with E-state index in [4.69, 9.17) is 0 Å². The van der Waals surface area contributed by atoms with Crippen molar-refractivity contribution in [3.63, 3.8) is 0 Å². The zero-order valence-corrected chi connectivity index (χ0v) is 20.7. The molecule has 1 aliphatic heterocycles. The summed E-state index contributed by atoms with van der Waals surface area (Å²) in [6.07, 6.45) is 9.34. The van der Waals surface area contributed by atoms with Gasteiger partial charge < -0.3 is 14.6 Å². The number of carbonyl (C=O) groups is 2. The molecule has 0 spiro atoms. The second-order valence-corrected chi connectivity index (χ2v) is 9.68. The SMILES string of the molecule is Cn1cc2ccc(C(=O)N3CCC(c4ccc(C(=O)NCc5ccn6ccnc6c5)cc4)CC3)cc2n1. The molecule has 2 amide bonds. The third-order valence-corrected chi connectivity index (χ3v) is 7.21. The Balaban J connectivity index is 1.04. The summed E-state index contributed by atoms with van der Waals surface area (Å²) in [5.41, 5.74) is 5.24. The Kier molecular flexibility index (Phi) is 5.92. The van der Waals surface area contributed by atoms with E-state index in [1.165, 1.54) is 5.56 Å². The van der Waals surface area contributed by atoms with E-state index >= 15 is 0 Å². The number of carbonyl (C=O) groups excluding carboxylic acids is 2. The topological polar surface area (TPSA) is 84.5 Å². The number of nitrogens with one attached hydrogen (secondary N) is 1. The summed E-state index contributed by atoms with van der Waals surface area (Å²) < 4.78 is 3.70. The van der Waals surface area contributed by atoms with Gasteiger partial charge in [0.05, 0.1) is 5.52 Å². The van der Waals surface area contributed by atoms with Gasteiger partial charge in [0.1, 0.15) is 5.65 Å². The number of rotatable bonds is 5. The van der Waals surface area contributed by atoms with Crippen molar-refractivity contribution in [1.82, 2.24) is 29.4 Å². The molecule has 186 valence electrons. The van der Waals surface area contributed by atoms with Crippen LogP contribution in [0.5, 0.6) is 0 Å². The molecule has 0 radical (unpaired) electrons. The largest absolute Gasteiger partial charge is 0.348 e. The van der Waals surface area contributed by atoms with E-state index in [9.17, 15) is 9.59 Å². The summed E-state index contributed by atoms with van der Waals surface area (Å²) in [7, 11) is 1.88. The van der Waals surface area contributed by atoms with Crippen molar-refractivity contribution in [2.24, 2.45) is 7.05 Å². The van der Waals surface area contributed by atoms with Crippen LogP contribution >= 0.6 is 0 Å². The quantitative estimate of drug-likeness (QED) is 0.399. The van der Waals surface area contributed by atoms with Gasteiger partial charge in [-0.15, -0.1) is 0 Å². The second kappa shape index (κ2) is 9.54. The van der Waals surface area contributed by atoms with Gasteiger partial charge in [-0.2, -0.15) is 5.10 Å². The number of nitrogens with zero attached hydrogens (tertiary/aromatic N) is 5. The van der Waals surface area contributed by atoms with E-state index in [0.29, 0.717) is 36.7 Å². The summed E-state index contributed by atoms with van der Waals surface area (Å²) in [6.45, 7) is 1.88. The van der Waals surface area contributed by atoms with Crippen molar-refractivity contribution in [1.29, 1.82) is 0 Å². The van der Waals surface area contributed by atoms with Crippen LogP contribution in [-0.4, -0.2) is 49.0 Å². The van der Waals surface area contributed by atoms with Crippen molar-refractivity contribution in [2.75, 3.05) is 13.1 Å². The molecule has 5 aromatic rings. The van der Waals surface area contributed by atoms with E-state index in [1.807, 2.05) is 89.5 Å². The van der Waals surface area contributed by atoms with Crippen LogP contribution in [0, 0.1) is 0 Å². The lowest BCUT2D eigenvalue weighted by molar-refractivity contribution is 0.0713. The third kappa shape index (κ3) is 4.70. The number of pyridine rings is 1. The number of imidazole rings is 1. The molecule has 37 heavy (non-hydrogen) atoms. The first-order chi connectivity index (χ1) is 18.0. The molecular weight excluding hydrogens is 464 g/mol.